The van der Waals surface area contributed by atoms with E-state index < -0.39 is 0 Å². The minimum atomic E-state index is -0.253. The van der Waals surface area contributed by atoms with Gasteiger partial charge < -0.3 is 10.3 Å². The van der Waals surface area contributed by atoms with Crippen LogP contribution in [-0.4, -0.2) is 15.9 Å². The van der Waals surface area contributed by atoms with Crippen molar-refractivity contribution in [2.45, 2.75) is 23.9 Å². The van der Waals surface area contributed by atoms with Crippen LogP contribution in [0.4, 0.5) is 0 Å². The van der Waals surface area contributed by atoms with Crippen molar-refractivity contribution in [3.63, 3.8) is 0 Å². The van der Waals surface area contributed by atoms with Gasteiger partial charge in [-0.05, 0) is 21.9 Å². The average Bonchev–Trinajstić information content (AvgIpc) is 2.76. The maximum atomic E-state index is 12.3. The highest BCUT2D eigenvalue weighted by atomic mass is 32.2. The number of amides is 1. The molecule has 30 heavy (non-hydrogen) atoms. The normalized spacial score (nSPS) is 10.8. The summed E-state index contributed by atoms with van der Waals surface area (Å²) in [6, 6.07) is 25.5. The topological polar surface area (TPSA) is 74.8 Å². The summed E-state index contributed by atoms with van der Waals surface area (Å²) in [5.74, 6) is 0.510. The van der Waals surface area contributed by atoms with Gasteiger partial charge in [-0.3, -0.25) is 9.59 Å². The Balaban J connectivity index is 1.41. The molecule has 0 aliphatic heterocycles. The van der Waals surface area contributed by atoms with E-state index in [-0.39, 0.29) is 17.9 Å². The van der Waals surface area contributed by atoms with Gasteiger partial charge in [-0.1, -0.05) is 84.6 Å². The van der Waals surface area contributed by atoms with Crippen LogP contribution in [0, 0.1) is 0 Å². The first-order valence-corrected chi connectivity index (χ1v) is 10.7. The molecular weight excluding hydrogens is 394 g/mol. The molecule has 0 saturated carbocycles. The van der Waals surface area contributed by atoms with Crippen LogP contribution in [-0.2, 0) is 23.5 Å². The molecule has 3 aromatic carbocycles. The maximum absolute atomic E-state index is 12.3. The molecule has 4 aromatic rings. The Hall–Kier alpha value is -3.38. The molecule has 0 aliphatic carbocycles. The number of thioether (sulfide) groups is 1. The molecule has 150 valence electrons. The Morgan fingerprint density at radius 1 is 0.967 bits per heavy atom. The Kier molecular flexibility index (Phi) is 6.25. The molecule has 4 rings (SSSR count). The molecule has 1 heterocycles. The van der Waals surface area contributed by atoms with Crippen LogP contribution < -0.4 is 10.9 Å². The van der Waals surface area contributed by atoms with Gasteiger partial charge in [-0.2, -0.15) is 0 Å². The van der Waals surface area contributed by atoms with E-state index in [4.69, 9.17) is 0 Å². The molecule has 6 heteroatoms. The van der Waals surface area contributed by atoms with Crippen LogP contribution in [0.25, 0.3) is 10.8 Å². The zero-order chi connectivity index (χ0) is 20.8. The summed E-state index contributed by atoms with van der Waals surface area (Å²) >= 11 is 1.46. The van der Waals surface area contributed by atoms with Gasteiger partial charge in [0.2, 0.25) is 5.91 Å². The SMILES string of the molecule is O=C(Cc1cc(=O)[nH]c(SCc2cccc3ccccc23)n1)NCc1ccccc1. The molecule has 0 aliphatic rings. The lowest BCUT2D eigenvalue weighted by Crippen LogP contribution is -2.25. The zero-order valence-corrected chi connectivity index (χ0v) is 17.1. The van der Waals surface area contributed by atoms with E-state index in [9.17, 15) is 9.59 Å². The summed E-state index contributed by atoms with van der Waals surface area (Å²) in [6.07, 6.45) is 0.0680. The fourth-order valence-corrected chi connectivity index (χ4v) is 4.13. The van der Waals surface area contributed by atoms with Crippen molar-refractivity contribution in [3.05, 3.63) is 106 Å². The summed E-state index contributed by atoms with van der Waals surface area (Å²) in [5.41, 5.74) is 2.41. The van der Waals surface area contributed by atoms with Gasteiger partial charge in [0.05, 0.1) is 12.1 Å². The molecule has 1 amide bonds. The zero-order valence-electron chi connectivity index (χ0n) is 16.3. The number of rotatable bonds is 7. The predicted octanol–water partition coefficient (Wildman–Crippen LogP) is 4.07. The Morgan fingerprint density at radius 3 is 2.60 bits per heavy atom. The third kappa shape index (κ3) is 5.15. The standard InChI is InChI=1S/C24H21N3O2S/c28-22(25-15-17-7-2-1-3-8-17)13-20-14-23(29)27-24(26-20)30-16-19-11-6-10-18-9-4-5-12-21(18)19/h1-12,14H,13,15-16H2,(H,25,28)(H,26,27,29). The molecular formula is C24H21N3O2S. The number of aromatic amines is 1. The molecule has 2 N–H and O–H groups in total. The number of carbonyl (C=O) groups is 1. The maximum Gasteiger partial charge on any atom is 0.251 e. The molecule has 0 radical (unpaired) electrons. The fraction of sp³-hybridized carbons (Fsp3) is 0.125. The molecule has 0 bridgehead atoms. The van der Waals surface area contributed by atoms with E-state index >= 15 is 0 Å². The van der Waals surface area contributed by atoms with Crippen LogP contribution in [0.3, 0.4) is 0 Å². The number of H-pyrrole nitrogens is 1. The second-order valence-electron chi connectivity index (χ2n) is 6.91. The molecule has 5 nitrogen and oxygen atoms in total. The number of hydrogen-bond donors (Lipinski definition) is 2. The number of nitrogens with one attached hydrogen (secondary N) is 2. The van der Waals surface area contributed by atoms with E-state index in [1.54, 1.807) is 0 Å². The third-order valence-electron chi connectivity index (χ3n) is 4.69. The Morgan fingerprint density at radius 2 is 1.73 bits per heavy atom. The highest BCUT2D eigenvalue weighted by molar-refractivity contribution is 7.98. The van der Waals surface area contributed by atoms with Gasteiger partial charge in [0.25, 0.3) is 5.56 Å². The predicted molar refractivity (Wildman–Crippen MR) is 120 cm³/mol. The van der Waals surface area contributed by atoms with Crippen molar-refractivity contribution in [2.75, 3.05) is 0 Å². The third-order valence-corrected chi connectivity index (χ3v) is 5.61. The molecule has 0 saturated heterocycles. The number of nitrogens with zero attached hydrogens (tertiary/aromatic N) is 1. The van der Waals surface area contributed by atoms with Crippen LogP contribution in [0.15, 0.2) is 88.8 Å². The van der Waals surface area contributed by atoms with E-state index in [0.29, 0.717) is 23.1 Å². The van der Waals surface area contributed by atoms with Crippen molar-refractivity contribution < 1.29 is 4.79 Å². The average molecular weight is 416 g/mol. The van der Waals surface area contributed by atoms with Crippen LogP contribution in [0.5, 0.6) is 0 Å². The smallest absolute Gasteiger partial charge is 0.251 e. The van der Waals surface area contributed by atoms with Gasteiger partial charge in [-0.25, -0.2) is 4.98 Å². The van der Waals surface area contributed by atoms with Crippen molar-refractivity contribution in [1.82, 2.24) is 15.3 Å². The number of fused-ring (bicyclic) bond motifs is 1. The van der Waals surface area contributed by atoms with E-state index in [1.165, 1.54) is 34.2 Å². The molecule has 0 unspecified atom stereocenters. The lowest BCUT2D eigenvalue weighted by molar-refractivity contribution is -0.120. The summed E-state index contributed by atoms with van der Waals surface area (Å²) in [7, 11) is 0. The van der Waals surface area contributed by atoms with Gasteiger partial charge in [0.15, 0.2) is 5.16 Å². The largest absolute Gasteiger partial charge is 0.352 e. The summed E-state index contributed by atoms with van der Waals surface area (Å²) in [6.45, 7) is 0.450. The highest BCUT2D eigenvalue weighted by Gasteiger charge is 2.09. The first-order chi connectivity index (χ1) is 14.7. The fourth-order valence-electron chi connectivity index (χ4n) is 3.23. The van der Waals surface area contributed by atoms with E-state index in [0.717, 1.165) is 5.56 Å². The summed E-state index contributed by atoms with van der Waals surface area (Å²) in [5, 5.41) is 5.75. The Labute approximate surface area is 178 Å². The van der Waals surface area contributed by atoms with Crippen LogP contribution >= 0.6 is 11.8 Å². The molecule has 1 aromatic heterocycles. The van der Waals surface area contributed by atoms with Crippen LogP contribution in [0.2, 0.25) is 0 Å². The second-order valence-corrected chi connectivity index (χ2v) is 7.87. The quantitative estimate of drug-likeness (QED) is 0.352. The lowest BCUT2D eigenvalue weighted by atomic mass is 10.1. The summed E-state index contributed by atoms with van der Waals surface area (Å²) in [4.78, 5) is 31.6. The Bertz CT molecular complexity index is 1220. The number of carbonyl (C=O) groups excluding carboxylic acids is 1. The molecule has 0 spiro atoms. The minimum absolute atomic E-state index is 0.0680. The van der Waals surface area contributed by atoms with Gasteiger partial charge in [-0.15, -0.1) is 0 Å². The van der Waals surface area contributed by atoms with Gasteiger partial charge >= 0.3 is 0 Å². The molecule has 0 atom stereocenters. The van der Waals surface area contributed by atoms with Crippen molar-refractivity contribution in [2.24, 2.45) is 0 Å². The van der Waals surface area contributed by atoms with Crippen molar-refractivity contribution in [1.29, 1.82) is 0 Å². The highest BCUT2D eigenvalue weighted by Crippen LogP contribution is 2.25. The lowest BCUT2D eigenvalue weighted by Gasteiger charge is -2.08. The monoisotopic (exact) mass is 415 g/mol. The summed E-state index contributed by atoms with van der Waals surface area (Å²) < 4.78 is 0. The minimum Gasteiger partial charge on any atom is -0.352 e. The first-order valence-electron chi connectivity index (χ1n) is 9.68. The second kappa shape index (κ2) is 9.41. The van der Waals surface area contributed by atoms with Gasteiger partial charge in [0, 0.05) is 18.4 Å². The van der Waals surface area contributed by atoms with Crippen molar-refractivity contribution >= 4 is 28.4 Å². The number of hydrogen-bond acceptors (Lipinski definition) is 4. The van der Waals surface area contributed by atoms with Crippen molar-refractivity contribution in [3.8, 4) is 0 Å². The van der Waals surface area contributed by atoms with Crippen LogP contribution in [0.1, 0.15) is 16.8 Å². The molecule has 0 fully saturated rings. The first kappa shape index (κ1) is 19.9. The van der Waals surface area contributed by atoms with E-state index in [1.807, 2.05) is 48.5 Å². The van der Waals surface area contributed by atoms with Gasteiger partial charge in [0.1, 0.15) is 0 Å². The number of aromatic nitrogens is 2. The number of benzene rings is 3. The van der Waals surface area contributed by atoms with E-state index in [2.05, 4.69) is 39.6 Å².